The van der Waals surface area contributed by atoms with Gasteiger partial charge in [-0.05, 0) is 30.7 Å². The van der Waals surface area contributed by atoms with Gasteiger partial charge >= 0.3 is 0 Å². The summed E-state index contributed by atoms with van der Waals surface area (Å²) in [4.78, 5) is 27.4. The van der Waals surface area contributed by atoms with Crippen LogP contribution in [-0.4, -0.2) is 51.4 Å². The molecule has 0 aliphatic rings. The molecule has 0 aliphatic carbocycles. The Morgan fingerprint density at radius 2 is 1.92 bits per heavy atom. The second-order valence-corrected chi connectivity index (χ2v) is 10.2. The number of nitrogens with zero attached hydrogens (tertiary/aromatic N) is 5. The fourth-order valence-electron chi connectivity index (χ4n) is 4.22. The van der Waals surface area contributed by atoms with Gasteiger partial charge in [0.05, 0.1) is 18.2 Å². The molecule has 1 amide bonds. The number of aryl methyl sites for hydroxylation is 1. The molecular weight excluding hydrogens is 514 g/mol. The number of carbonyl (C=O) groups excluding carboxylic acids is 1. The summed E-state index contributed by atoms with van der Waals surface area (Å²) in [6.45, 7) is 2.26. The summed E-state index contributed by atoms with van der Waals surface area (Å²) in [7, 11) is 5.08. The van der Waals surface area contributed by atoms with E-state index in [1.165, 1.54) is 11.3 Å². The number of fused-ring (bicyclic) bond motifs is 2. The molecule has 2 aromatic carbocycles. The Balaban J connectivity index is 1.24. The fraction of sp³-hybridized carbons (Fsp3) is 0.172. The van der Waals surface area contributed by atoms with Crippen molar-refractivity contribution in [2.45, 2.75) is 13.5 Å². The lowest BCUT2D eigenvalue weighted by atomic mass is 10.1. The lowest BCUT2D eigenvalue weighted by molar-refractivity contribution is 0.0827. The van der Waals surface area contributed by atoms with Crippen LogP contribution in [-0.2, 0) is 6.61 Å². The Bertz CT molecular complexity index is 1820. The number of furan rings is 1. The normalized spacial score (nSPS) is 11.3. The van der Waals surface area contributed by atoms with Crippen molar-refractivity contribution < 1.29 is 18.7 Å². The van der Waals surface area contributed by atoms with Crippen LogP contribution in [0.5, 0.6) is 11.5 Å². The van der Waals surface area contributed by atoms with Crippen molar-refractivity contribution in [3.63, 3.8) is 0 Å². The molecule has 0 aliphatic heterocycles. The van der Waals surface area contributed by atoms with Crippen molar-refractivity contribution in [1.29, 1.82) is 0 Å². The number of aromatic nitrogens is 4. The van der Waals surface area contributed by atoms with Crippen molar-refractivity contribution >= 4 is 34.0 Å². The third kappa shape index (κ3) is 4.82. The van der Waals surface area contributed by atoms with E-state index in [0.717, 1.165) is 27.2 Å². The van der Waals surface area contributed by atoms with Gasteiger partial charge in [0.15, 0.2) is 5.76 Å². The molecule has 39 heavy (non-hydrogen) atoms. The molecule has 10 heteroatoms. The first-order valence-corrected chi connectivity index (χ1v) is 13.1. The molecule has 0 bridgehead atoms. The summed E-state index contributed by atoms with van der Waals surface area (Å²) in [6.07, 6.45) is 5.65. The number of benzene rings is 2. The Morgan fingerprint density at radius 1 is 1.10 bits per heavy atom. The van der Waals surface area contributed by atoms with E-state index in [1.807, 2.05) is 71.6 Å². The third-order valence-electron chi connectivity index (χ3n) is 6.21. The summed E-state index contributed by atoms with van der Waals surface area (Å²) in [5.41, 5.74) is 4.73. The molecule has 0 spiro atoms. The standard InChI is InChI=1S/C29H25N5O4S/c1-17-12-30-29-32-23(14-34(29)13-17)26-11-22-24(9-21(36-4)10-25(22)38-26)37-15-20-16-39-27(31-20)18-5-7-19(8-6-18)28(35)33(2)3/h5-14,16H,15H2,1-4H3. The van der Waals surface area contributed by atoms with E-state index >= 15 is 0 Å². The minimum Gasteiger partial charge on any atom is -0.496 e. The van der Waals surface area contributed by atoms with Gasteiger partial charge in [-0.2, -0.15) is 0 Å². The molecule has 9 nitrogen and oxygen atoms in total. The number of hydrogen-bond donors (Lipinski definition) is 0. The highest BCUT2D eigenvalue weighted by molar-refractivity contribution is 7.13. The maximum absolute atomic E-state index is 12.2. The maximum atomic E-state index is 12.2. The van der Waals surface area contributed by atoms with Gasteiger partial charge in [-0.25, -0.2) is 15.0 Å². The van der Waals surface area contributed by atoms with Gasteiger partial charge in [0.2, 0.25) is 5.78 Å². The van der Waals surface area contributed by atoms with Crippen LogP contribution < -0.4 is 9.47 Å². The van der Waals surface area contributed by atoms with Crippen LogP contribution in [0.15, 0.2) is 70.9 Å². The van der Waals surface area contributed by atoms with Gasteiger partial charge in [0, 0.05) is 61.3 Å². The number of carbonyl (C=O) groups is 1. The predicted octanol–water partition coefficient (Wildman–Crippen LogP) is 5.86. The SMILES string of the molecule is COc1cc(OCc2csc(-c3ccc(C(=O)N(C)C)cc3)n2)c2cc(-c3cn4cc(C)cnc4n3)oc2c1. The maximum Gasteiger partial charge on any atom is 0.253 e. The van der Waals surface area contributed by atoms with Crippen LogP contribution in [0.2, 0.25) is 0 Å². The van der Waals surface area contributed by atoms with E-state index in [2.05, 4.69) is 9.97 Å². The summed E-state index contributed by atoms with van der Waals surface area (Å²) < 4.78 is 19.7. The molecule has 6 aromatic rings. The molecule has 0 saturated heterocycles. The Kier molecular flexibility index (Phi) is 6.24. The van der Waals surface area contributed by atoms with Gasteiger partial charge in [-0.1, -0.05) is 12.1 Å². The molecule has 0 saturated carbocycles. The Hall–Kier alpha value is -4.70. The number of ether oxygens (including phenoxy) is 2. The summed E-state index contributed by atoms with van der Waals surface area (Å²) >= 11 is 1.53. The Morgan fingerprint density at radius 3 is 2.69 bits per heavy atom. The van der Waals surface area contributed by atoms with E-state index in [1.54, 1.807) is 32.3 Å². The highest BCUT2D eigenvalue weighted by atomic mass is 32.1. The second-order valence-electron chi connectivity index (χ2n) is 9.32. The van der Waals surface area contributed by atoms with Crippen LogP contribution >= 0.6 is 11.3 Å². The summed E-state index contributed by atoms with van der Waals surface area (Å²) in [6, 6.07) is 13.0. The highest BCUT2D eigenvalue weighted by Crippen LogP contribution is 2.37. The molecule has 0 fully saturated rings. The molecule has 4 aromatic heterocycles. The van der Waals surface area contributed by atoms with E-state index < -0.39 is 0 Å². The van der Waals surface area contributed by atoms with E-state index in [-0.39, 0.29) is 12.5 Å². The van der Waals surface area contributed by atoms with Crippen LogP contribution in [0.4, 0.5) is 0 Å². The van der Waals surface area contributed by atoms with Gasteiger partial charge in [-0.15, -0.1) is 11.3 Å². The Labute approximate surface area is 228 Å². The van der Waals surface area contributed by atoms with Crippen LogP contribution in [0, 0.1) is 6.92 Å². The van der Waals surface area contributed by atoms with Crippen molar-refractivity contribution in [3.8, 4) is 33.5 Å². The van der Waals surface area contributed by atoms with Crippen LogP contribution in [0.1, 0.15) is 21.6 Å². The monoisotopic (exact) mass is 539 g/mol. The summed E-state index contributed by atoms with van der Waals surface area (Å²) in [5.74, 6) is 2.42. The molecule has 0 N–H and O–H groups in total. The number of amides is 1. The zero-order valence-electron chi connectivity index (χ0n) is 21.8. The average Bonchev–Trinajstić information content (AvgIpc) is 3.69. The lowest BCUT2D eigenvalue weighted by Crippen LogP contribution is -2.21. The lowest BCUT2D eigenvalue weighted by Gasteiger charge is -2.10. The average molecular weight is 540 g/mol. The van der Waals surface area contributed by atoms with Crippen molar-refractivity contribution in [2.75, 3.05) is 21.2 Å². The van der Waals surface area contributed by atoms with Gasteiger partial charge in [0.25, 0.3) is 5.91 Å². The zero-order valence-corrected chi connectivity index (χ0v) is 22.7. The van der Waals surface area contributed by atoms with Crippen LogP contribution in [0.3, 0.4) is 0 Å². The first-order chi connectivity index (χ1) is 18.9. The smallest absolute Gasteiger partial charge is 0.253 e. The van der Waals surface area contributed by atoms with Gasteiger partial charge in [-0.3, -0.25) is 9.20 Å². The van der Waals surface area contributed by atoms with E-state index in [4.69, 9.17) is 18.9 Å². The molecule has 4 heterocycles. The third-order valence-corrected chi connectivity index (χ3v) is 7.15. The van der Waals surface area contributed by atoms with Crippen molar-refractivity contribution in [1.82, 2.24) is 24.3 Å². The molecule has 0 radical (unpaired) electrons. The minimum atomic E-state index is -0.0327. The number of imidazole rings is 1. The molecule has 6 rings (SSSR count). The number of methoxy groups -OCH3 is 1. The van der Waals surface area contributed by atoms with Crippen molar-refractivity contribution in [3.05, 3.63) is 83.3 Å². The van der Waals surface area contributed by atoms with E-state index in [9.17, 15) is 4.79 Å². The predicted molar refractivity (Wildman–Crippen MR) is 149 cm³/mol. The molecule has 0 unspecified atom stereocenters. The molecular formula is C29H25N5O4S. The zero-order chi connectivity index (χ0) is 27.1. The number of rotatable bonds is 7. The first-order valence-electron chi connectivity index (χ1n) is 12.2. The minimum absolute atomic E-state index is 0.0327. The topological polar surface area (TPSA) is 95.0 Å². The molecule has 196 valence electrons. The second kappa shape index (κ2) is 9.88. The largest absolute Gasteiger partial charge is 0.496 e. The number of thiazole rings is 1. The van der Waals surface area contributed by atoms with Gasteiger partial charge in [0.1, 0.15) is 34.4 Å². The number of hydrogen-bond acceptors (Lipinski definition) is 8. The van der Waals surface area contributed by atoms with E-state index in [0.29, 0.717) is 39.9 Å². The quantitative estimate of drug-likeness (QED) is 0.251. The van der Waals surface area contributed by atoms with Gasteiger partial charge < -0.3 is 18.8 Å². The fourth-order valence-corrected chi connectivity index (χ4v) is 5.03. The van der Waals surface area contributed by atoms with Crippen LogP contribution in [0.25, 0.3) is 38.8 Å². The van der Waals surface area contributed by atoms with Crippen molar-refractivity contribution in [2.24, 2.45) is 0 Å². The summed E-state index contributed by atoms with van der Waals surface area (Å²) in [5, 5.41) is 3.64. The first kappa shape index (κ1) is 24.6. The highest BCUT2D eigenvalue weighted by Gasteiger charge is 2.17. The molecule has 0 atom stereocenters.